The summed E-state index contributed by atoms with van der Waals surface area (Å²) in [6.45, 7) is 4.83. The minimum Gasteiger partial charge on any atom is -0.316 e. The number of thiazole rings is 1. The minimum atomic E-state index is -3.56. The number of aromatic nitrogens is 1. The summed E-state index contributed by atoms with van der Waals surface area (Å²) in [6.07, 6.45) is 0.746. The van der Waals surface area contributed by atoms with Crippen LogP contribution in [0, 0.1) is 6.92 Å². The first-order chi connectivity index (χ1) is 13.3. The van der Waals surface area contributed by atoms with E-state index in [0.29, 0.717) is 9.82 Å². The topological polar surface area (TPSA) is 68.5 Å². The fourth-order valence-corrected chi connectivity index (χ4v) is 5.38. The maximum Gasteiger partial charge on any atom is 0.249 e. The largest absolute Gasteiger partial charge is 0.316 e. The zero-order valence-electron chi connectivity index (χ0n) is 15.7. The third-order valence-corrected chi connectivity index (χ3v) is 7.29. The van der Waals surface area contributed by atoms with Crippen molar-refractivity contribution < 1.29 is 13.2 Å². The summed E-state index contributed by atoms with van der Waals surface area (Å²) < 4.78 is 27.9. The first-order valence-electron chi connectivity index (χ1n) is 8.96. The Labute approximate surface area is 173 Å². The van der Waals surface area contributed by atoms with Gasteiger partial charge >= 0.3 is 0 Å². The number of carbonyl (C=O) groups excluding carboxylic acids is 1. The van der Waals surface area contributed by atoms with Crippen LogP contribution in [-0.4, -0.2) is 24.6 Å². The lowest BCUT2D eigenvalue weighted by molar-refractivity contribution is -0.117. The molecule has 0 saturated carbocycles. The molecule has 8 heteroatoms. The molecule has 0 spiro atoms. The van der Waals surface area contributed by atoms with E-state index in [4.69, 9.17) is 11.6 Å². The molecule has 3 aromatic rings. The van der Waals surface area contributed by atoms with E-state index in [1.165, 1.54) is 35.6 Å². The van der Waals surface area contributed by atoms with Gasteiger partial charge in [-0.3, -0.25) is 4.79 Å². The smallest absolute Gasteiger partial charge is 0.249 e. The summed E-state index contributed by atoms with van der Waals surface area (Å²) in [5.74, 6) is -0.722. The minimum absolute atomic E-state index is 0.156. The van der Waals surface area contributed by atoms with Gasteiger partial charge in [0.15, 0.2) is 14.6 Å². The number of amides is 1. The molecule has 1 aromatic heterocycles. The van der Waals surface area contributed by atoms with Crippen molar-refractivity contribution in [2.24, 2.45) is 4.99 Å². The van der Waals surface area contributed by atoms with E-state index in [2.05, 4.69) is 18.0 Å². The number of nitrogens with zero attached hydrogens (tertiary/aromatic N) is 2. The first-order valence-corrected chi connectivity index (χ1v) is 11.8. The van der Waals surface area contributed by atoms with Gasteiger partial charge in [-0.05, 0) is 55.3 Å². The van der Waals surface area contributed by atoms with Crippen LogP contribution < -0.4 is 4.80 Å². The summed E-state index contributed by atoms with van der Waals surface area (Å²) in [5.41, 5.74) is 2.18. The number of sulfone groups is 1. The molecular formula is C20H21ClN2O3S2. The molecule has 0 N–H and O–H groups in total. The van der Waals surface area contributed by atoms with Crippen LogP contribution in [0.5, 0.6) is 0 Å². The number of fused-ring (bicyclic) bond motifs is 1. The SMILES string of the molecule is CCCn1c(=NC(=O)CCS(=O)(=O)c2ccc(Cl)cc2)sc2cc(C)ccc21. The van der Waals surface area contributed by atoms with E-state index in [9.17, 15) is 13.2 Å². The van der Waals surface area contributed by atoms with Crippen molar-refractivity contribution in [3.05, 3.63) is 57.9 Å². The lowest BCUT2D eigenvalue weighted by Gasteiger charge is -2.04. The molecule has 0 bridgehead atoms. The number of aryl methyl sites for hydroxylation is 2. The first kappa shape index (κ1) is 20.8. The van der Waals surface area contributed by atoms with Crippen LogP contribution in [-0.2, 0) is 21.2 Å². The Hall–Kier alpha value is -1.96. The van der Waals surface area contributed by atoms with E-state index in [1.54, 1.807) is 0 Å². The van der Waals surface area contributed by atoms with Gasteiger partial charge in [0.25, 0.3) is 0 Å². The Bertz CT molecular complexity index is 1180. The molecule has 0 fully saturated rings. The number of halogens is 1. The van der Waals surface area contributed by atoms with Gasteiger partial charge in [-0.25, -0.2) is 8.42 Å². The number of carbonyl (C=O) groups is 1. The van der Waals surface area contributed by atoms with Crippen molar-refractivity contribution in [2.45, 2.75) is 38.1 Å². The average Bonchev–Trinajstić information content (AvgIpc) is 2.97. The van der Waals surface area contributed by atoms with Crippen LogP contribution in [0.2, 0.25) is 5.02 Å². The maximum atomic E-state index is 12.4. The highest BCUT2D eigenvalue weighted by Gasteiger charge is 2.16. The van der Waals surface area contributed by atoms with Gasteiger partial charge in [0, 0.05) is 18.0 Å². The third kappa shape index (κ3) is 4.71. The molecule has 2 aromatic carbocycles. The van der Waals surface area contributed by atoms with Crippen LogP contribution in [0.25, 0.3) is 10.2 Å². The lowest BCUT2D eigenvalue weighted by atomic mass is 10.2. The molecule has 0 aliphatic carbocycles. The fourth-order valence-electron chi connectivity index (χ4n) is 2.85. The van der Waals surface area contributed by atoms with Gasteiger partial charge in [0.05, 0.1) is 20.9 Å². The number of rotatable bonds is 6. The standard InChI is InChI=1S/C20H21ClN2O3S2/c1-3-11-23-17-9-4-14(2)13-18(17)27-20(23)22-19(24)10-12-28(25,26)16-7-5-15(21)6-8-16/h4-9,13H,3,10-12H2,1-2H3. The van der Waals surface area contributed by atoms with Crippen molar-refractivity contribution in [1.82, 2.24) is 4.57 Å². The molecule has 148 valence electrons. The van der Waals surface area contributed by atoms with Crippen molar-refractivity contribution in [3.63, 3.8) is 0 Å². The summed E-state index contributed by atoms with van der Waals surface area (Å²) in [7, 11) is -3.56. The second-order valence-corrected chi connectivity index (χ2v) is 10.1. The van der Waals surface area contributed by atoms with Crippen LogP contribution in [0.1, 0.15) is 25.3 Å². The Kier molecular flexibility index (Phi) is 6.37. The van der Waals surface area contributed by atoms with E-state index in [1.807, 2.05) is 23.6 Å². The second-order valence-electron chi connectivity index (χ2n) is 6.54. The highest BCUT2D eigenvalue weighted by Crippen LogP contribution is 2.20. The van der Waals surface area contributed by atoms with Gasteiger partial charge in [-0.2, -0.15) is 4.99 Å². The molecule has 0 unspecified atom stereocenters. The fraction of sp³-hybridized carbons (Fsp3) is 0.300. The number of hydrogen-bond acceptors (Lipinski definition) is 4. The highest BCUT2D eigenvalue weighted by molar-refractivity contribution is 7.91. The third-order valence-electron chi connectivity index (χ3n) is 4.26. The second kappa shape index (κ2) is 8.59. The normalized spacial score (nSPS) is 12.6. The summed E-state index contributed by atoms with van der Waals surface area (Å²) in [4.78, 5) is 17.4. The number of benzene rings is 2. The van der Waals surface area contributed by atoms with Crippen LogP contribution in [0.4, 0.5) is 0 Å². The van der Waals surface area contributed by atoms with E-state index >= 15 is 0 Å². The Morgan fingerprint density at radius 3 is 2.57 bits per heavy atom. The number of hydrogen-bond donors (Lipinski definition) is 0. The molecule has 0 radical (unpaired) electrons. The van der Waals surface area contributed by atoms with E-state index in [-0.39, 0.29) is 17.1 Å². The van der Waals surface area contributed by atoms with Gasteiger partial charge in [0.2, 0.25) is 5.91 Å². The van der Waals surface area contributed by atoms with E-state index < -0.39 is 15.7 Å². The molecule has 28 heavy (non-hydrogen) atoms. The summed E-state index contributed by atoms with van der Waals surface area (Å²) in [6, 6.07) is 12.1. The molecule has 0 aliphatic heterocycles. The zero-order chi connectivity index (χ0) is 20.3. The lowest BCUT2D eigenvalue weighted by Crippen LogP contribution is -2.18. The van der Waals surface area contributed by atoms with E-state index in [0.717, 1.165) is 28.7 Å². The molecule has 3 rings (SSSR count). The highest BCUT2D eigenvalue weighted by atomic mass is 35.5. The molecule has 0 saturated heterocycles. The predicted octanol–water partition coefficient (Wildman–Crippen LogP) is 4.37. The van der Waals surface area contributed by atoms with Crippen LogP contribution >= 0.6 is 22.9 Å². The summed E-state index contributed by atoms with van der Waals surface area (Å²) >= 11 is 7.25. The Morgan fingerprint density at radius 2 is 1.89 bits per heavy atom. The molecular weight excluding hydrogens is 416 g/mol. The Morgan fingerprint density at radius 1 is 1.18 bits per heavy atom. The van der Waals surface area contributed by atoms with Gasteiger partial charge in [0.1, 0.15) is 0 Å². The molecule has 0 atom stereocenters. The monoisotopic (exact) mass is 436 g/mol. The van der Waals surface area contributed by atoms with Crippen molar-refractivity contribution in [3.8, 4) is 0 Å². The quantitative estimate of drug-likeness (QED) is 0.576. The molecule has 1 amide bonds. The van der Waals surface area contributed by atoms with Crippen molar-refractivity contribution in [1.29, 1.82) is 0 Å². The van der Waals surface area contributed by atoms with Crippen LogP contribution in [0.15, 0.2) is 52.4 Å². The van der Waals surface area contributed by atoms with Gasteiger partial charge < -0.3 is 4.57 Å². The summed E-state index contributed by atoms with van der Waals surface area (Å²) in [5, 5.41) is 0.463. The molecule has 1 heterocycles. The van der Waals surface area contributed by atoms with Gasteiger partial charge in [-0.15, -0.1) is 0 Å². The maximum absolute atomic E-state index is 12.4. The Balaban J connectivity index is 1.84. The van der Waals surface area contributed by atoms with Crippen molar-refractivity contribution >= 4 is 48.9 Å². The average molecular weight is 437 g/mol. The predicted molar refractivity (Wildman–Crippen MR) is 114 cm³/mol. The van der Waals surface area contributed by atoms with Crippen LogP contribution in [0.3, 0.4) is 0 Å². The van der Waals surface area contributed by atoms with Gasteiger partial charge in [-0.1, -0.05) is 35.9 Å². The molecule has 5 nitrogen and oxygen atoms in total. The molecule has 0 aliphatic rings. The zero-order valence-corrected chi connectivity index (χ0v) is 18.1. The van der Waals surface area contributed by atoms with Crippen molar-refractivity contribution in [2.75, 3.05) is 5.75 Å².